The van der Waals surface area contributed by atoms with Crippen LogP contribution in [-0.4, -0.2) is 18.9 Å². The van der Waals surface area contributed by atoms with Crippen LogP contribution in [-0.2, 0) is 9.59 Å². The van der Waals surface area contributed by atoms with Gasteiger partial charge in [0.2, 0.25) is 11.8 Å². The van der Waals surface area contributed by atoms with E-state index in [4.69, 9.17) is 4.74 Å². The normalized spacial score (nSPS) is 11.9. The van der Waals surface area contributed by atoms with Crippen molar-refractivity contribution in [3.63, 3.8) is 0 Å². The van der Waals surface area contributed by atoms with Crippen LogP contribution < -0.4 is 15.4 Å². The number of hydrogen-bond donors (Lipinski definition) is 2. The van der Waals surface area contributed by atoms with Gasteiger partial charge in [-0.15, -0.1) is 0 Å². The molecule has 30 heavy (non-hydrogen) atoms. The molecule has 0 fully saturated rings. The topological polar surface area (TPSA) is 67.4 Å². The van der Waals surface area contributed by atoms with Crippen molar-refractivity contribution in [2.24, 2.45) is 5.92 Å². The number of anilines is 2. The van der Waals surface area contributed by atoms with E-state index in [0.29, 0.717) is 18.0 Å². The molecular weight excluding hydrogens is 376 g/mol. The molecule has 1 atom stereocenters. The number of amides is 2. The maximum atomic E-state index is 12.7. The van der Waals surface area contributed by atoms with Gasteiger partial charge in [-0.05, 0) is 65.6 Å². The number of ether oxygens (including phenoxy) is 1. The molecule has 0 aliphatic rings. The standard InChI is InChI=1S/C25H28N2O3/c1-16(2)13-24(28)26-21-8-10-22(11-9-21)27-25(29)17(3)18-5-6-20-15-23(30-4)12-7-19(20)14-18/h5-12,14-17H,13H2,1-4H3,(H,26,28)(H,27,29)/t17-/m0/s1. The Hall–Kier alpha value is -3.34. The van der Waals surface area contributed by atoms with E-state index in [1.807, 2.05) is 57.2 Å². The zero-order valence-corrected chi connectivity index (χ0v) is 17.9. The number of carbonyl (C=O) groups excluding carboxylic acids is 2. The fourth-order valence-electron chi connectivity index (χ4n) is 3.26. The van der Waals surface area contributed by atoms with Crippen molar-refractivity contribution < 1.29 is 14.3 Å². The summed E-state index contributed by atoms with van der Waals surface area (Å²) >= 11 is 0. The lowest BCUT2D eigenvalue weighted by Crippen LogP contribution is -2.19. The molecule has 0 radical (unpaired) electrons. The van der Waals surface area contributed by atoms with E-state index >= 15 is 0 Å². The van der Waals surface area contributed by atoms with Crippen molar-refractivity contribution >= 4 is 34.0 Å². The number of hydrogen-bond acceptors (Lipinski definition) is 3. The van der Waals surface area contributed by atoms with Crippen LogP contribution in [0.2, 0.25) is 0 Å². The molecule has 0 bridgehead atoms. The van der Waals surface area contributed by atoms with E-state index in [2.05, 4.69) is 10.6 Å². The molecule has 156 valence electrons. The number of benzene rings is 3. The van der Waals surface area contributed by atoms with Crippen molar-refractivity contribution in [2.45, 2.75) is 33.1 Å². The fourth-order valence-corrected chi connectivity index (χ4v) is 3.26. The number of nitrogens with one attached hydrogen (secondary N) is 2. The highest BCUT2D eigenvalue weighted by atomic mass is 16.5. The summed E-state index contributed by atoms with van der Waals surface area (Å²) in [6.07, 6.45) is 0.481. The minimum atomic E-state index is -0.304. The monoisotopic (exact) mass is 404 g/mol. The minimum absolute atomic E-state index is 0.00988. The lowest BCUT2D eigenvalue weighted by atomic mass is 9.97. The SMILES string of the molecule is COc1ccc2cc([C@H](C)C(=O)Nc3ccc(NC(=O)CC(C)C)cc3)ccc2c1. The highest BCUT2D eigenvalue weighted by Gasteiger charge is 2.16. The van der Waals surface area contributed by atoms with Gasteiger partial charge in [-0.2, -0.15) is 0 Å². The van der Waals surface area contributed by atoms with Crippen molar-refractivity contribution in [1.29, 1.82) is 0 Å². The van der Waals surface area contributed by atoms with Gasteiger partial charge in [-0.3, -0.25) is 9.59 Å². The largest absolute Gasteiger partial charge is 0.497 e. The predicted octanol–water partition coefficient (Wildman–Crippen LogP) is 5.58. The van der Waals surface area contributed by atoms with E-state index in [9.17, 15) is 9.59 Å². The Balaban J connectivity index is 1.65. The van der Waals surface area contributed by atoms with Crippen LogP contribution in [0.25, 0.3) is 10.8 Å². The average molecular weight is 405 g/mol. The van der Waals surface area contributed by atoms with Gasteiger partial charge in [0.05, 0.1) is 13.0 Å². The number of carbonyl (C=O) groups is 2. The van der Waals surface area contributed by atoms with Crippen molar-refractivity contribution in [1.82, 2.24) is 0 Å². The van der Waals surface area contributed by atoms with E-state index in [1.165, 1.54) is 0 Å². The van der Waals surface area contributed by atoms with Crippen LogP contribution >= 0.6 is 0 Å². The Morgan fingerprint density at radius 1 is 0.833 bits per heavy atom. The Morgan fingerprint density at radius 2 is 1.43 bits per heavy atom. The molecule has 2 amide bonds. The lowest BCUT2D eigenvalue weighted by molar-refractivity contribution is -0.117. The number of rotatable bonds is 7. The van der Waals surface area contributed by atoms with Crippen LogP contribution in [0, 0.1) is 5.92 Å². The molecule has 5 heteroatoms. The maximum Gasteiger partial charge on any atom is 0.231 e. The van der Waals surface area contributed by atoms with Gasteiger partial charge in [0.25, 0.3) is 0 Å². The zero-order chi connectivity index (χ0) is 21.7. The number of fused-ring (bicyclic) bond motifs is 1. The quantitative estimate of drug-likeness (QED) is 0.540. The van der Waals surface area contributed by atoms with Gasteiger partial charge < -0.3 is 15.4 Å². The molecule has 0 aliphatic heterocycles. The fraction of sp³-hybridized carbons (Fsp3) is 0.280. The van der Waals surface area contributed by atoms with Crippen molar-refractivity contribution in [3.05, 3.63) is 66.2 Å². The van der Waals surface area contributed by atoms with Gasteiger partial charge in [-0.25, -0.2) is 0 Å². The molecule has 0 unspecified atom stereocenters. The third-order valence-electron chi connectivity index (χ3n) is 4.99. The summed E-state index contributed by atoms with van der Waals surface area (Å²) in [6.45, 7) is 5.90. The van der Waals surface area contributed by atoms with Gasteiger partial charge in [-0.1, -0.05) is 38.1 Å². The van der Waals surface area contributed by atoms with E-state index < -0.39 is 0 Å². The van der Waals surface area contributed by atoms with Gasteiger partial charge in [0.1, 0.15) is 5.75 Å². The van der Waals surface area contributed by atoms with Gasteiger partial charge >= 0.3 is 0 Å². The summed E-state index contributed by atoms with van der Waals surface area (Å²) in [4.78, 5) is 24.6. The molecule has 3 aromatic carbocycles. The summed E-state index contributed by atoms with van der Waals surface area (Å²) in [5.41, 5.74) is 2.36. The molecule has 5 nitrogen and oxygen atoms in total. The second kappa shape index (κ2) is 9.44. The van der Waals surface area contributed by atoms with Gasteiger partial charge in [0, 0.05) is 17.8 Å². The van der Waals surface area contributed by atoms with Crippen LogP contribution in [0.5, 0.6) is 5.75 Å². The van der Waals surface area contributed by atoms with Crippen LogP contribution in [0.3, 0.4) is 0 Å². The Bertz CT molecular complexity index is 1040. The third kappa shape index (κ3) is 5.38. The summed E-state index contributed by atoms with van der Waals surface area (Å²) in [6, 6.07) is 19.1. The molecule has 0 aromatic heterocycles. The first-order valence-corrected chi connectivity index (χ1v) is 10.1. The summed E-state index contributed by atoms with van der Waals surface area (Å²) < 4.78 is 5.26. The molecule has 2 N–H and O–H groups in total. The first-order chi connectivity index (χ1) is 14.4. The molecule has 0 saturated heterocycles. The first kappa shape index (κ1) is 21.4. The van der Waals surface area contributed by atoms with Crippen molar-refractivity contribution in [2.75, 3.05) is 17.7 Å². The molecule has 0 saturated carbocycles. The Kier molecular flexibility index (Phi) is 6.72. The molecule has 3 aromatic rings. The lowest BCUT2D eigenvalue weighted by Gasteiger charge is -2.14. The van der Waals surface area contributed by atoms with E-state index in [0.717, 1.165) is 27.8 Å². The Labute approximate surface area is 177 Å². The zero-order valence-electron chi connectivity index (χ0n) is 17.9. The Morgan fingerprint density at radius 3 is 2.07 bits per heavy atom. The maximum absolute atomic E-state index is 12.7. The molecular formula is C25H28N2O3. The van der Waals surface area contributed by atoms with E-state index in [1.54, 1.807) is 31.4 Å². The van der Waals surface area contributed by atoms with Crippen LogP contribution in [0.15, 0.2) is 60.7 Å². The molecule has 0 aliphatic carbocycles. The molecule has 0 heterocycles. The highest BCUT2D eigenvalue weighted by Crippen LogP contribution is 2.26. The van der Waals surface area contributed by atoms with Gasteiger partial charge in [0.15, 0.2) is 0 Å². The second-order valence-electron chi connectivity index (χ2n) is 7.91. The third-order valence-corrected chi connectivity index (χ3v) is 4.99. The first-order valence-electron chi connectivity index (χ1n) is 10.1. The van der Waals surface area contributed by atoms with Crippen LogP contribution in [0.4, 0.5) is 11.4 Å². The number of methoxy groups -OCH3 is 1. The summed E-state index contributed by atoms with van der Waals surface area (Å²) in [5, 5.41) is 7.95. The van der Waals surface area contributed by atoms with E-state index in [-0.39, 0.29) is 17.7 Å². The summed E-state index contributed by atoms with van der Waals surface area (Å²) in [5.74, 6) is 0.720. The molecule has 0 spiro atoms. The predicted molar refractivity (Wildman–Crippen MR) is 122 cm³/mol. The average Bonchev–Trinajstić information content (AvgIpc) is 2.73. The minimum Gasteiger partial charge on any atom is -0.497 e. The summed E-state index contributed by atoms with van der Waals surface area (Å²) in [7, 11) is 1.65. The molecule has 3 rings (SSSR count). The van der Waals surface area contributed by atoms with Crippen molar-refractivity contribution in [3.8, 4) is 5.75 Å². The highest BCUT2D eigenvalue weighted by molar-refractivity contribution is 5.97. The second-order valence-corrected chi connectivity index (χ2v) is 7.91. The smallest absolute Gasteiger partial charge is 0.231 e. The van der Waals surface area contributed by atoms with Crippen LogP contribution in [0.1, 0.15) is 38.7 Å².